The second kappa shape index (κ2) is 3.72. The first kappa shape index (κ1) is 8.53. The van der Waals surface area contributed by atoms with Crippen LogP contribution in [0.5, 0.6) is 0 Å². The third-order valence-electron chi connectivity index (χ3n) is 2.18. The summed E-state index contributed by atoms with van der Waals surface area (Å²) in [6, 6.07) is 1.02. The molecule has 0 amide bonds. The van der Waals surface area contributed by atoms with E-state index in [0.717, 1.165) is 12.8 Å². The Bertz CT molecular complexity index is 147. The number of hydrogen-bond donors (Lipinski definition) is 2. The predicted molar refractivity (Wildman–Crippen MR) is 42.5 cm³/mol. The Kier molecular flexibility index (Phi) is 2.88. The van der Waals surface area contributed by atoms with E-state index in [1.807, 2.05) is 0 Å². The highest BCUT2D eigenvalue weighted by Crippen LogP contribution is 2.15. The Hall–Kier alpha value is -0.570. The van der Waals surface area contributed by atoms with Crippen molar-refractivity contribution >= 4 is 5.97 Å². The molecular weight excluding hydrogens is 142 g/mol. The van der Waals surface area contributed by atoms with E-state index in [0.29, 0.717) is 18.5 Å². The summed E-state index contributed by atoms with van der Waals surface area (Å²) >= 11 is 0. The van der Waals surface area contributed by atoms with Crippen molar-refractivity contribution in [3.63, 3.8) is 0 Å². The molecule has 2 unspecified atom stereocenters. The van der Waals surface area contributed by atoms with Crippen LogP contribution in [0.4, 0.5) is 0 Å². The maximum absolute atomic E-state index is 10.2. The summed E-state index contributed by atoms with van der Waals surface area (Å²) in [5.74, 6) is -0.689. The molecule has 1 fully saturated rings. The summed E-state index contributed by atoms with van der Waals surface area (Å²) in [4.78, 5) is 10.2. The molecule has 0 saturated carbocycles. The number of carboxylic acid groups (broad SMARTS) is 1. The van der Waals surface area contributed by atoms with Crippen LogP contribution in [0.3, 0.4) is 0 Å². The van der Waals surface area contributed by atoms with Crippen LogP contribution >= 0.6 is 0 Å². The van der Waals surface area contributed by atoms with Crippen molar-refractivity contribution in [2.75, 3.05) is 0 Å². The maximum atomic E-state index is 10.2. The molecule has 0 aromatic heterocycles. The van der Waals surface area contributed by atoms with Crippen LogP contribution in [0, 0.1) is 0 Å². The second-order valence-electron chi connectivity index (χ2n) is 3.27. The molecule has 0 aromatic rings. The first-order valence-electron chi connectivity index (χ1n) is 4.16. The van der Waals surface area contributed by atoms with Crippen molar-refractivity contribution in [3.8, 4) is 0 Å². The average molecular weight is 157 g/mol. The SMILES string of the molecule is CC1CCC(CCC(=O)O)N1. The summed E-state index contributed by atoms with van der Waals surface area (Å²) in [6.07, 6.45) is 3.39. The maximum Gasteiger partial charge on any atom is 0.303 e. The fourth-order valence-electron chi connectivity index (χ4n) is 1.55. The van der Waals surface area contributed by atoms with E-state index in [-0.39, 0.29) is 0 Å². The summed E-state index contributed by atoms with van der Waals surface area (Å²) in [7, 11) is 0. The zero-order chi connectivity index (χ0) is 8.27. The minimum Gasteiger partial charge on any atom is -0.481 e. The monoisotopic (exact) mass is 157 g/mol. The smallest absolute Gasteiger partial charge is 0.303 e. The highest BCUT2D eigenvalue weighted by Gasteiger charge is 2.20. The van der Waals surface area contributed by atoms with E-state index < -0.39 is 5.97 Å². The third kappa shape index (κ3) is 2.89. The minimum absolute atomic E-state index is 0.296. The molecule has 3 nitrogen and oxygen atoms in total. The van der Waals surface area contributed by atoms with Gasteiger partial charge >= 0.3 is 5.97 Å². The average Bonchev–Trinajstić information content (AvgIpc) is 2.31. The zero-order valence-corrected chi connectivity index (χ0v) is 6.84. The van der Waals surface area contributed by atoms with Crippen molar-refractivity contribution in [2.24, 2.45) is 0 Å². The molecule has 0 spiro atoms. The van der Waals surface area contributed by atoms with Gasteiger partial charge in [0.25, 0.3) is 0 Å². The number of hydrogen-bond acceptors (Lipinski definition) is 2. The number of rotatable bonds is 3. The second-order valence-corrected chi connectivity index (χ2v) is 3.27. The van der Waals surface area contributed by atoms with Gasteiger partial charge in [0.05, 0.1) is 0 Å². The van der Waals surface area contributed by atoms with Crippen molar-refractivity contribution in [1.82, 2.24) is 5.32 Å². The van der Waals surface area contributed by atoms with Crippen molar-refractivity contribution in [2.45, 2.75) is 44.7 Å². The number of carbonyl (C=O) groups is 1. The highest BCUT2D eigenvalue weighted by molar-refractivity contribution is 5.66. The molecule has 1 heterocycles. The zero-order valence-electron chi connectivity index (χ0n) is 6.84. The van der Waals surface area contributed by atoms with E-state index in [1.165, 1.54) is 6.42 Å². The van der Waals surface area contributed by atoms with Gasteiger partial charge in [0, 0.05) is 18.5 Å². The molecule has 3 heteroatoms. The van der Waals surface area contributed by atoms with Gasteiger partial charge in [-0.3, -0.25) is 4.79 Å². The summed E-state index contributed by atoms with van der Waals surface area (Å²) in [6.45, 7) is 2.14. The minimum atomic E-state index is -0.689. The van der Waals surface area contributed by atoms with Crippen LogP contribution in [0.25, 0.3) is 0 Å². The molecule has 0 aromatic carbocycles. The first-order chi connectivity index (χ1) is 5.18. The predicted octanol–water partition coefficient (Wildman–Crippen LogP) is 0.992. The Morgan fingerprint density at radius 2 is 2.36 bits per heavy atom. The van der Waals surface area contributed by atoms with Gasteiger partial charge in [-0.05, 0) is 26.2 Å². The van der Waals surface area contributed by atoms with Gasteiger partial charge in [0.2, 0.25) is 0 Å². The van der Waals surface area contributed by atoms with Crippen LogP contribution in [0.2, 0.25) is 0 Å². The Morgan fingerprint density at radius 3 is 2.82 bits per heavy atom. The molecule has 1 saturated heterocycles. The van der Waals surface area contributed by atoms with Crippen LogP contribution in [-0.2, 0) is 4.79 Å². The topological polar surface area (TPSA) is 49.3 Å². The van der Waals surface area contributed by atoms with Crippen molar-refractivity contribution < 1.29 is 9.90 Å². The van der Waals surface area contributed by atoms with Crippen molar-refractivity contribution in [3.05, 3.63) is 0 Å². The third-order valence-corrected chi connectivity index (χ3v) is 2.18. The Balaban J connectivity index is 2.13. The Labute approximate surface area is 66.8 Å². The van der Waals surface area contributed by atoms with Crippen LogP contribution in [-0.4, -0.2) is 23.2 Å². The van der Waals surface area contributed by atoms with E-state index >= 15 is 0 Å². The lowest BCUT2D eigenvalue weighted by molar-refractivity contribution is -0.137. The largest absolute Gasteiger partial charge is 0.481 e. The summed E-state index contributed by atoms with van der Waals surface area (Å²) in [5, 5.41) is 11.8. The fraction of sp³-hybridized carbons (Fsp3) is 0.875. The molecule has 2 N–H and O–H groups in total. The molecule has 1 rings (SSSR count). The summed E-state index contributed by atoms with van der Waals surface area (Å²) in [5.41, 5.74) is 0. The molecule has 0 bridgehead atoms. The van der Waals surface area contributed by atoms with Crippen LogP contribution in [0.15, 0.2) is 0 Å². The standard InChI is InChI=1S/C8H15NO2/c1-6-2-3-7(9-6)4-5-8(10)11/h6-7,9H,2-5H2,1H3,(H,10,11). The molecular formula is C8H15NO2. The lowest BCUT2D eigenvalue weighted by Gasteiger charge is -2.08. The van der Waals surface area contributed by atoms with Gasteiger partial charge in [0.15, 0.2) is 0 Å². The molecule has 0 aliphatic carbocycles. The summed E-state index contributed by atoms with van der Waals surface area (Å²) < 4.78 is 0. The van der Waals surface area contributed by atoms with E-state index in [1.54, 1.807) is 0 Å². The van der Waals surface area contributed by atoms with E-state index in [2.05, 4.69) is 12.2 Å². The fourth-order valence-corrected chi connectivity index (χ4v) is 1.55. The van der Waals surface area contributed by atoms with E-state index in [4.69, 9.17) is 5.11 Å². The number of carboxylic acids is 1. The highest BCUT2D eigenvalue weighted by atomic mass is 16.4. The van der Waals surface area contributed by atoms with Gasteiger partial charge in [-0.15, -0.1) is 0 Å². The normalized spacial score (nSPS) is 30.6. The van der Waals surface area contributed by atoms with Crippen LogP contribution in [0.1, 0.15) is 32.6 Å². The van der Waals surface area contributed by atoms with E-state index in [9.17, 15) is 4.79 Å². The number of nitrogens with one attached hydrogen (secondary N) is 1. The molecule has 0 radical (unpaired) electrons. The lowest BCUT2D eigenvalue weighted by atomic mass is 10.1. The first-order valence-corrected chi connectivity index (χ1v) is 4.16. The molecule has 11 heavy (non-hydrogen) atoms. The van der Waals surface area contributed by atoms with Gasteiger partial charge in [-0.25, -0.2) is 0 Å². The van der Waals surface area contributed by atoms with Crippen LogP contribution < -0.4 is 5.32 Å². The lowest BCUT2D eigenvalue weighted by Crippen LogP contribution is -2.27. The van der Waals surface area contributed by atoms with Gasteiger partial charge < -0.3 is 10.4 Å². The van der Waals surface area contributed by atoms with Crippen molar-refractivity contribution in [1.29, 1.82) is 0 Å². The molecule has 2 atom stereocenters. The molecule has 64 valence electrons. The van der Waals surface area contributed by atoms with Gasteiger partial charge in [-0.2, -0.15) is 0 Å². The Morgan fingerprint density at radius 1 is 1.64 bits per heavy atom. The quantitative estimate of drug-likeness (QED) is 0.642. The van der Waals surface area contributed by atoms with Gasteiger partial charge in [-0.1, -0.05) is 0 Å². The van der Waals surface area contributed by atoms with Gasteiger partial charge in [0.1, 0.15) is 0 Å². The molecule has 1 aliphatic heterocycles. The number of aliphatic carboxylic acids is 1. The molecule has 1 aliphatic rings.